The minimum Gasteiger partial charge on any atom is -0.356 e. The number of nitrogens with zero attached hydrogens (tertiary/aromatic N) is 5. The fourth-order valence-electron chi connectivity index (χ4n) is 2.30. The molecule has 0 spiro atoms. The van der Waals surface area contributed by atoms with Gasteiger partial charge in [0.25, 0.3) is 0 Å². The average molecular weight is 349 g/mol. The summed E-state index contributed by atoms with van der Waals surface area (Å²) in [6, 6.07) is 4.27. The van der Waals surface area contributed by atoms with Gasteiger partial charge in [-0.1, -0.05) is 19.4 Å². The zero-order valence-corrected chi connectivity index (χ0v) is 15.9. The number of rotatable bonds is 8. The minimum absolute atomic E-state index is 0.537. The van der Waals surface area contributed by atoms with Gasteiger partial charge in [-0.05, 0) is 31.2 Å². The van der Waals surface area contributed by atoms with Crippen molar-refractivity contribution in [2.45, 2.75) is 39.7 Å². The van der Waals surface area contributed by atoms with Crippen LogP contribution in [-0.4, -0.2) is 45.8 Å². The smallest absolute Gasteiger partial charge is 0.194 e. The molecule has 0 radical (unpaired) electrons. The van der Waals surface area contributed by atoms with Gasteiger partial charge in [0.05, 0.1) is 0 Å². The van der Waals surface area contributed by atoms with Crippen LogP contribution >= 0.6 is 11.3 Å². The van der Waals surface area contributed by atoms with Crippen LogP contribution in [0.1, 0.15) is 36.3 Å². The summed E-state index contributed by atoms with van der Waals surface area (Å²) in [7, 11) is 4.07. The maximum absolute atomic E-state index is 4.75. The highest BCUT2D eigenvalue weighted by atomic mass is 32.1. The van der Waals surface area contributed by atoms with Crippen molar-refractivity contribution in [2.24, 2.45) is 12.0 Å². The molecule has 0 saturated heterocycles. The van der Waals surface area contributed by atoms with Crippen molar-refractivity contribution in [2.75, 3.05) is 20.1 Å². The van der Waals surface area contributed by atoms with Gasteiger partial charge < -0.3 is 14.8 Å². The molecule has 0 fully saturated rings. The van der Waals surface area contributed by atoms with Gasteiger partial charge in [0.15, 0.2) is 11.8 Å². The average Bonchev–Trinajstić information content (AvgIpc) is 3.20. The van der Waals surface area contributed by atoms with Gasteiger partial charge in [0, 0.05) is 32.1 Å². The zero-order valence-electron chi connectivity index (χ0n) is 15.1. The van der Waals surface area contributed by atoms with Crippen LogP contribution in [0.15, 0.2) is 22.5 Å². The summed E-state index contributed by atoms with van der Waals surface area (Å²) in [5.74, 6) is 2.72. The number of aryl methyl sites for hydroxylation is 1. The first-order chi connectivity index (χ1) is 11.6. The van der Waals surface area contributed by atoms with Gasteiger partial charge in [-0.25, -0.2) is 4.99 Å². The van der Waals surface area contributed by atoms with Crippen molar-refractivity contribution in [1.29, 1.82) is 0 Å². The number of guanidine groups is 1. The molecule has 0 aliphatic carbocycles. The fraction of sp³-hybridized carbons (Fsp3) is 0.588. The van der Waals surface area contributed by atoms with Crippen LogP contribution in [0.5, 0.6) is 0 Å². The van der Waals surface area contributed by atoms with Gasteiger partial charge in [-0.2, -0.15) is 0 Å². The maximum atomic E-state index is 4.75. The van der Waals surface area contributed by atoms with E-state index in [2.05, 4.69) is 51.9 Å². The second-order valence-corrected chi connectivity index (χ2v) is 6.93. The van der Waals surface area contributed by atoms with E-state index in [1.807, 2.05) is 18.5 Å². The first-order valence-electron chi connectivity index (χ1n) is 8.48. The summed E-state index contributed by atoms with van der Waals surface area (Å²) in [4.78, 5) is 8.34. The molecule has 0 aliphatic heterocycles. The Bertz CT molecular complexity index is 632. The molecule has 0 aliphatic rings. The molecule has 2 aromatic rings. The van der Waals surface area contributed by atoms with Crippen LogP contribution in [0.3, 0.4) is 0 Å². The summed E-state index contributed by atoms with van der Waals surface area (Å²) >= 11 is 1.80. The Balaban J connectivity index is 1.97. The van der Waals surface area contributed by atoms with E-state index in [0.717, 1.165) is 43.5 Å². The first kappa shape index (κ1) is 18.4. The number of nitrogens with one attached hydrogen (secondary N) is 1. The highest BCUT2D eigenvalue weighted by Gasteiger charge is 2.08. The lowest BCUT2D eigenvalue weighted by molar-refractivity contribution is 0.463. The minimum atomic E-state index is 0.537. The van der Waals surface area contributed by atoms with E-state index >= 15 is 0 Å². The van der Waals surface area contributed by atoms with E-state index in [1.165, 1.54) is 11.3 Å². The van der Waals surface area contributed by atoms with E-state index in [0.29, 0.717) is 6.54 Å². The van der Waals surface area contributed by atoms with Crippen molar-refractivity contribution in [3.05, 3.63) is 34.0 Å². The summed E-state index contributed by atoms with van der Waals surface area (Å²) in [6.45, 7) is 6.58. The number of aromatic nitrogens is 3. The quantitative estimate of drug-likeness (QED) is 0.588. The normalized spacial score (nSPS) is 11.8. The fourth-order valence-corrected chi connectivity index (χ4v) is 3.01. The summed E-state index contributed by atoms with van der Waals surface area (Å²) in [5.41, 5.74) is 0. The van der Waals surface area contributed by atoms with E-state index in [4.69, 9.17) is 4.99 Å². The van der Waals surface area contributed by atoms with Crippen molar-refractivity contribution in [3.63, 3.8) is 0 Å². The Morgan fingerprint density at radius 2 is 2.25 bits per heavy atom. The van der Waals surface area contributed by atoms with Gasteiger partial charge in [-0.15, -0.1) is 21.5 Å². The van der Waals surface area contributed by atoms with Crippen LogP contribution in [-0.2, 0) is 20.0 Å². The van der Waals surface area contributed by atoms with Crippen molar-refractivity contribution < 1.29 is 0 Å². The predicted octanol–water partition coefficient (Wildman–Crippen LogP) is 2.61. The standard InChI is InChI=1S/C17H28N6S/c1-5-6-11-22(3)17(18-10-9-15-8-7-12-24-15)19-13-16-21-20-14(2)23(16)4/h7-8,12H,5-6,9-11,13H2,1-4H3,(H,18,19). The Labute approximate surface area is 148 Å². The molecule has 24 heavy (non-hydrogen) atoms. The maximum Gasteiger partial charge on any atom is 0.194 e. The molecule has 0 saturated carbocycles. The molecule has 0 aromatic carbocycles. The summed E-state index contributed by atoms with van der Waals surface area (Å²) in [6.07, 6.45) is 3.35. The molecule has 0 atom stereocenters. The van der Waals surface area contributed by atoms with Gasteiger partial charge in [0.2, 0.25) is 0 Å². The second kappa shape index (κ2) is 9.42. The highest BCUT2D eigenvalue weighted by Crippen LogP contribution is 2.08. The Kier molecular flexibility index (Phi) is 7.24. The van der Waals surface area contributed by atoms with Crippen molar-refractivity contribution >= 4 is 17.3 Å². The van der Waals surface area contributed by atoms with E-state index in [1.54, 1.807) is 11.3 Å². The predicted molar refractivity (Wildman–Crippen MR) is 100 cm³/mol. The molecule has 1 N–H and O–H groups in total. The van der Waals surface area contributed by atoms with Crippen molar-refractivity contribution in [1.82, 2.24) is 25.0 Å². The zero-order chi connectivity index (χ0) is 17.4. The lowest BCUT2D eigenvalue weighted by Crippen LogP contribution is -2.40. The first-order valence-corrected chi connectivity index (χ1v) is 9.36. The SMILES string of the molecule is CCCCN(C)C(=NCc1nnc(C)n1C)NCCc1cccs1. The molecule has 0 bridgehead atoms. The molecule has 7 heteroatoms. The molecule has 6 nitrogen and oxygen atoms in total. The summed E-state index contributed by atoms with van der Waals surface area (Å²) in [5, 5.41) is 13.9. The molecular formula is C17H28N6S. The third kappa shape index (κ3) is 5.33. The third-order valence-electron chi connectivity index (χ3n) is 4.00. The van der Waals surface area contributed by atoms with Gasteiger partial charge >= 0.3 is 0 Å². The van der Waals surface area contributed by atoms with Crippen molar-refractivity contribution in [3.8, 4) is 0 Å². The van der Waals surface area contributed by atoms with Crippen LogP contribution < -0.4 is 5.32 Å². The van der Waals surface area contributed by atoms with E-state index < -0.39 is 0 Å². The molecule has 132 valence electrons. The van der Waals surface area contributed by atoms with E-state index in [9.17, 15) is 0 Å². The molecule has 2 heterocycles. The topological polar surface area (TPSA) is 58.3 Å². The van der Waals surface area contributed by atoms with Crippen LogP contribution in [0.4, 0.5) is 0 Å². The molecule has 2 rings (SSSR count). The molecule has 0 amide bonds. The number of aliphatic imine (C=N–C) groups is 1. The van der Waals surface area contributed by atoms with Gasteiger partial charge in [0.1, 0.15) is 12.4 Å². The number of hydrogen-bond acceptors (Lipinski definition) is 4. The molecular weight excluding hydrogens is 320 g/mol. The van der Waals surface area contributed by atoms with Crippen LogP contribution in [0, 0.1) is 6.92 Å². The number of unbranched alkanes of at least 4 members (excludes halogenated alkanes) is 1. The van der Waals surface area contributed by atoms with Crippen LogP contribution in [0.2, 0.25) is 0 Å². The Hall–Kier alpha value is -1.89. The summed E-state index contributed by atoms with van der Waals surface area (Å²) < 4.78 is 1.98. The highest BCUT2D eigenvalue weighted by molar-refractivity contribution is 7.09. The van der Waals surface area contributed by atoms with Gasteiger partial charge in [-0.3, -0.25) is 0 Å². The monoisotopic (exact) mass is 348 g/mol. The van der Waals surface area contributed by atoms with E-state index in [-0.39, 0.29) is 0 Å². The lowest BCUT2D eigenvalue weighted by atomic mass is 10.3. The Morgan fingerprint density at radius 1 is 1.42 bits per heavy atom. The third-order valence-corrected chi connectivity index (χ3v) is 4.93. The molecule has 0 unspecified atom stereocenters. The second-order valence-electron chi connectivity index (χ2n) is 5.89. The largest absolute Gasteiger partial charge is 0.356 e. The Morgan fingerprint density at radius 3 is 2.88 bits per heavy atom. The number of hydrogen-bond donors (Lipinski definition) is 1. The van der Waals surface area contributed by atoms with Crippen LogP contribution in [0.25, 0.3) is 0 Å². The number of thiophene rings is 1. The lowest BCUT2D eigenvalue weighted by Gasteiger charge is -2.22. The molecule has 2 aromatic heterocycles.